The fraction of sp³-hybridized carbons (Fsp3) is 0.250. The Morgan fingerprint density at radius 2 is 1.84 bits per heavy atom. The van der Waals surface area contributed by atoms with Gasteiger partial charge >= 0.3 is 5.69 Å². The third kappa shape index (κ3) is 4.15. The fourth-order valence-corrected chi connectivity index (χ4v) is 3.42. The van der Waals surface area contributed by atoms with Crippen molar-refractivity contribution in [1.29, 1.82) is 0 Å². The molecule has 1 fully saturated rings. The minimum atomic E-state index is -1.03. The first-order valence-corrected chi connectivity index (χ1v) is 9.57. The molecule has 2 heterocycles. The van der Waals surface area contributed by atoms with Gasteiger partial charge in [0.05, 0.1) is 16.5 Å². The number of nitro benzene ring substituents is 1. The van der Waals surface area contributed by atoms with Crippen LogP contribution in [0.5, 0.6) is 11.5 Å². The van der Waals surface area contributed by atoms with Gasteiger partial charge in [-0.05, 0) is 30.3 Å². The molecule has 3 amide bonds. The molecule has 32 heavy (non-hydrogen) atoms. The summed E-state index contributed by atoms with van der Waals surface area (Å²) in [6.45, 7) is 0.697. The summed E-state index contributed by atoms with van der Waals surface area (Å²) in [7, 11) is 0. The van der Waals surface area contributed by atoms with E-state index in [9.17, 15) is 28.9 Å². The quantitative estimate of drug-likeness (QED) is 0.535. The van der Waals surface area contributed by atoms with Gasteiger partial charge < -0.3 is 14.4 Å². The van der Waals surface area contributed by atoms with E-state index < -0.39 is 40.1 Å². The Morgan fingerprint density at radius 3 is 2.59 bits per heavy atom. The van der Waals surface area contributed by atoms with E-state index in [1.165, 1.54) is 23.1 Å². The van der Waals surface area contributed by atoms with Crippen LogP contribution in [0.1, 0.15) is 16.8 Å². The number of fused-ring (bicyclic) bond motifs is 1. The lowest BCUT2D eigenvalue weighted by Gasteiger charge is -2.19. The molecule has 0 radical (unpaired) electrons. The smallest absolute Gasteiger partial charge is 0.306 e. The van der Waals surface area contributed by atoms with Gasteiger partial charge in [0.15, 0.2) is 11.5 Å². The van der Waals surface area contributed by atoms with Crippen LogP contribution >= 0.6 is 0 Å². The first-order valence-electron chi connectivity index (χ1n) is 9.57. The van der Waals surface area contributed by atoms with Crippen molar-refractivity contribution in [2.45, 2.75) is 6.42 Å². The first kappa shape index (κ1) is 21.0. The van der Waals surface area contributed by atoms with E-state index in [0.717, 1.165) is 12.1 Å². The molecule has 2 aliphatic rings. The number of ether oxygens (including phenoxy) is 2. The van der Waals surface area contributed by atoms with Gasteiger partial charge in [0, 0.05) is 24.6 Å². The molecule has 2 aromatic rings. The number of carbonyl (C=O) groups excluding carboxylic acids is 3. The van der Waals surface area contributed by atoms with Crippen LogP contribution in [0.2, 0.25) is 0 Å². The highest BCUT2D eigenvalue weighted by Crippen LogP contribution is 2.31. The molecule has 0 saturated carbocycles. The molecule has 0 spiro atoms. The number of nitro groups is 1. The van der Waals surface area contributed by atoms with E-state index in [0.29, 0.717) is 24.7 Å². The van der Waals surface area contributed by atoms with E-state index in [-0.39, 0.29) is 24.2 Å². The maximum atomic E-state index is 13.6. The number of carbonyl (C=O) groups is 3. The molecule has 1 unspecified atom stereocenters. The molecule has 0 aromatic heterocycles. The average molecular weight is 444 g/mol. The van der Waals surface area contributed by atoms with Crippen LogP contribution in [0.3, 0.4) is 0 Å². The maximum absolute atomic E-state index is 13.6. The fourth-order valence-electron chi connectivity index (χ4n) is 3.42. The van der Waals surface area contributed by atoms with Crippen LogP contribution in [-0.2, 0) is 9.59 Å². The molecule has 1 saturated heterocycles. The predicted octanol–water partition coefficient (Wildman–Crippen LogP) is 1.32. The minimum Gasteiger partial charge on any atom is -0.486 e. The third-order valence-corrected chi connectivity index (χ3v) is 5.04. The number of nitrogens with zero attached hydrogens (tertiary/aromatic N) is 2. The Hall–Kier alpha value is -4.22. The molecule has 166 valence electrons. The number of rotatable bonds is 4. The van der Waals surface area contributed by atoms with E-state index >= 15 is 0 Å². The Bertz CT molecular complexity index is 1120. The van der Waals surface area contributed by atoms with Crippen molar-refractivity contribution in [1.82, 2.24) is 10.9 Å². The standard InChI is InChI=1S/C20H17FN4O7/c21-14-3-2-13(9-15(14)25(29)30)24-10-12(8-18(24)26)20(28)23-22-19(27)11-1-4-16-17(7-11)32-6-5-31-16/h1-4,7,9,12H,5-6,8,10H2,(H,22,27)(H,23,28). The summed E-state index contributed by atoms with van der Waals surface area (Å²) in [6, 6.07) is 7.64. The molecule has 2 aromatic carbocycles. The average Bonchev–Trinajstić information content (AvgIpc) is 3.18. The summed E-state index contributed by atoms with van der Waals surface area (Å²) in [5.41, 5.74) is 4.13. The molecular weight excluding hydrogens is 427 g/mol. The Labute approximate surface area is 180 Å². The molecule has 2 N–H and O–H groups in total. The zero-order valence-electron chi connectivity index (χ0n) is 16.5. The number of anilines is 1. The van der Waals surface area contributed by atoms with E-state index in [4.69, 9.17) is 9.47 Å². The SMILES string of the molecule is O=C(NNC(=O)C1CC(=O)N(c2ccc(F)c([N+](=O)[O-])c2)C1)c1ccc2c(c1)OCCO2. The van der Waals surface area contributed by atoms with E-state index in [1.54, 1.807) is 6.07 Å². The molecule has 0 aliphatic carbocycles. The summed E-state index contributed by atoms with van der Waals surface area (Å²) in [6.07, 6.45) is -0.170. The number of benzene rings is 2. The molecule has 12 heteroatoms. The van der Waals surface area contributed by atoms with Gasteiger partial charge in [0.25, 0.3) is 5.91 Å². The van der Waals surface area contributed by atoms with Crippen molar-refractivity contribution in [3.05, 3.63) is 57.9 Å². The summed E-state index contributed by atoms with van der Waals surface area (Å²) >= 11 is 0. The van der Waals surface area contributed by atoms with Gasteiger partial charge in [-0.2, -0.15) is 4.39 Å². The maximum Gasteiger partial charge on any atom is 0.306 e. The third-order valence-electron chi connectivity index (χ3n) is 5.04. The zero-order chi connectivity index (χ0) is 22.8. The number of amides is 3. The number of hydrazine groups is 1. The van der Waals surface area contributed by atoms with Gasteiger partial charge in [0.1, 0.15) is 13.2 Å². The molecule has 11 nitrogen and oxygen atoms in total. The number of hydrogen-bond acceptors (Lipinski definition) is 7. The molecule has 1 atom stereocenters. The van der Waals surface area contributed by atoms with Crippen molar-refractivity contribution in [2.24, 2.45) is 5.92 Å². The zero-order valence-corrected chi connectivity index (χ0v) is 16.5. The minimum absolute atomic E-state index is 0.0760. The second-order valence-corrected chi connectivity index (χ2v) is 7.10. The van der Waals surface area contributed by atoms with E-state index in [1.807, 2.05) is 0 Å². The van der Waals surface area contributed by atoms with Crippen molar-refractivity contribution >= 4 is 29.1 Å². The van der Waals surface area contributed by atoms with Crippen LogP contribution in [0, 0.1) is 21.8 Å². The van der Waals surface area contributed by atoms with Gasteiger partial charge in [0.2, 0.25) is 17.6 Å². The van der Waals surface area contributed by atoms with Crippen LogP contribution in [-0.4, -0.2) is 42.4 Å². The molecule has 0 bridgehead atoms. The van der Waals surface area contributed by atoms with Crippen LogP contribution in [0.4, 0.5) is 15.8 Å². The normalized spacial score (nSPS) is 17.1. The Kier molecular flexibility index (Phi) is 5.58. The van der Waals surface area contributed by atoms with Crippen molar-refractivity contribution in [3.63, 3.8) is 0 Å². The van der Waals surface area contributed by atoms with Gasteiger partial charge in [-0.25, -0.2) is 0 Å². The molecular formula is C20H17FN4O7. The lowest BCUT2D eigenvalue weighted by atomic mass is 10.1. The summed E-state index contributed by atoms with van der Waals surface area (Å²) in [5.74, 6) is -2.56. The van der Waals surface area contributed by atoms with Crippen LogP contribution in [0.25, 0.3) is 0 Å². The highest BCUT2D eigenvalue weighted by atomic mass is 19.1. The van der Waals surface area contributed by atoms with Crippen LogP contribution in [0.15, 0.2) is 36.4 Å². The Morgan fingerprint density at radius 1 is 1.09 bits per heavy atom. The van der Waals surface area contributed by atoms with Crippen LogP contribution < -0.4 is 25.2 Å². The summed E-state index contributed by atoms with van der Waals surface area (Å²) in [5, 5.41) is 10.9. The monoisotopic (exact) mass is 444 g/mol. The van der Waals surface area contributed by atoms with Gasteiger partial charge in [-0.15, -0.1) is 0 Å². The largest absolute Gasteiger partial charge is 0.486 e. The summed E-state index contributed by atoms with van der Waals surface area (Å²) in [4.78, 5) is 48.3. The second-order valence-electron chi connectivity index (χ2n) is 7.10. The second kappa shape index (κ2) is 8.49. The van der Waals surface area contributed by atoms with Gasteiger partial charge in [-0.3, -0.25) is 35.3 Å². The first-order chi connectivity index (χ1) is 15.3. The Balaban J connectivity index is 1.37. The predicted molar refractivity (Wildman–Crippen MR) is 107 cm³/mol. The lowest BCUT2D eigenvalue weighted by molar-refractivity contribution is -0.387. The van der Waals surface area contributed by atoms with E-state index in [2.05, 4.69) is 10.9 Å². The van der Waals surface area contributed by atoms with Crippen molar-refractivity contribution in [3.8, 4) is 11.5 Å². The number of nitrogens with one attached hydrogen (secondary N) is 2. The lowest BCUT2D eigenvalue weighted by Crippen LogP contribution is -2.45. The van der Waals surface area contributed by atoms with Gasteiger partial charge in [-0.1, -0.05) is 0 Å². The summed E-state index contributed by atoms with van der Waals surface area (Å²) < 4.78 is 24.4. The molecule has 4 rings (SSSR count). The topological polar surface area (TPSA) is 140 Å². The number of halogens is 1. The molecule has 2 aliphatic heterocycles. The highest BCUT2D eigenvalue weighted by molar-refractivity contribution is 6.01. The number of hydrogen-bond donors (Lipinski definition) is 2. The highest BCUT2D eigenvalue weighted by Gasteiger charge is 2.36. The van der Waals surface area contributed by atoms with Crippen molar-refractivity contribution in [2.75, 3.05) is 24.7 Å². The van der Waals surface area contributed by atoms with Crippen molar-refractivity contribution < 1.29 is 33.2 Å².